The average Bonchev–Trinajstić information content (AvgIpc) is 3.32. The Kier molecular flexibility index (Phi) is 3.19. The molecule has 1 aliphatic heterocycles. The fourth-order valence-corrected chi connectivity index (χ4v) is 2.10. The van der Waals surface area contributed by atoms with Crippen LogP contribution in [-0.2, 0) is 11.3 Å². The normalized spacial score (nSPS) is 12.3. The molecular weight excluding hydrogens is 304 g/mol. The zero-order valence-corrected chi connectivity index (χ0v) is 11.7. The van der Waals surface area contributed by atoms with Crippen LogP contribution >= 0.6 is 0 Å². The largest absolute Gasteiger partial charge is 0.454 e. The molecule has 0 amide bonds. The van der Waals surface area contributed by atoms with E-state index < -0.39 is 5.97 Å². The Bertz CT molecular complexity index is 840. The summed E-state index contributed by atoms with van der Waals surface area (Å²) < 4.78 is 25.6. The Balaban J connectivity index is 1.45. The number of fused-ring (bicyclic) bond motifs is 1. The van der Waals surface area contributed by atoms with Crippen molar-refractivity contribution in [3.8, 4) is 22.8 Å². The van der Waals surface area contributed by atoms with Crippen molar-refractivity contribution in [2.45, 2.75) is 6.61 Å². The standard InChI is InChI=1S/C15H10N2O6/c18-15(12-3-4-16-22-12)19-7-10-6-13(23-17-10)9-1-2-11-14(5-9)21-8-20-11/h1-6H,7-8H2. The minimum absolute atomic E-state index is 0.0319. The maximum absolute atomic E-state index is 11.6. The fourth-order valence-electron chi connectivity index (χ4n) is 2.10. The van der Waals surface area contributed by atoms with Crippen molar-refractivity contribution in [3.05, 3.63) is 48.0 Å². The van der Waals surface area contributed by atoms with Gasteiger partial charge >= 0.3 is 5.97 Å². The minimum Gasteiger partial charge on any atom is -0.454 e. The van der Waals surface area contributed by atoms with Gasteiger partial charge in [-0.1, -0.05) is 10.3 Å². The highest BCUT2D eigenvalue weighted by atomic mass is 16.7. The maximum atomic E-state index is 11.6. The SMILES string of the molecule is O=C(OCc1cc(-c2ccc3c(c2)OCO3)on1)c1ccno1. The van der Waals surface area contributed by atoms with Crippen molar-refractivity contribution in [1.82, 2.24) is 10.3 Å². The molecule has 0 bridgehead atoms. The topological polar surface area (TPSA) is 96.8 Å². The van der Waals surface area contributed by atoms with E-state index in [-0.39, 0.29) is 19.2 Å². The third kappa shape index (κ3) is 2.61. The highest BCUT2D eigenvalue weighted by molar-refractivity contribution is 5.85. The lowest BCUT2D eigenvalue weighted by atomic mass is 10.1. The average molecular weight is 314 g/mol. The van der Waals surface area contributed by atoms with Crippen molar-refractivity contribution in [1.29, 1.82) is 0 Å². The first-order valence-electron chi connectivity index (χ1n) is 6.73. The van der Waals surface area contributed by atoms with Crippen molar-refractivity contribution in [3.63, 3.8) is 0 Å². The molecule has 23 heavy (non-hydrogen) atoms. The maximum Gasteiger partial charge on any atom is 0.377 e. The third-order valence-electron chi connectivity index (χ3n) is 3.21. The summed E-state index contributed by atoms with van der Waals surface area (Å²) in [4.78, 5) is 11.6. The van der Waals surface area contributed by atoms with Crippen LogP contribution in [0.1, 0.15) is 16.2 Å². The lowest BCUT2D eigenvalue weighted by Crippen LogP contribution is -2.03. The summed E-state index contributed by atoms with van der Waals surface area (Å²) in [5.41, 5.74) is 1.26. The molecule has 0 spiro atoms. The monoisotopic (exact) mass is 314 g/mol. The number of carbonyl (C=O) groups excluding carboxylic acids is 1. The molecule has 0 fully saturated rings. The molecule has 0 unspecified atom stereocenters. The van der Waals surface area contributed by atoms with Gasteiger partial charge in [0.05, 0.1) is 6.20 Å². The van der Waals surface area contributed by atoms with E-state index in [0.717, 1.165) is 5.56 Å². The lowest BCUT2D eigenvalue weighted by molar-refractivity contribution is 0.0417. The second-order valence-corrected chi connectivity index (χ2v) is 4.70. The molecule has 3 aromatic rings. The molecule has 116 valence electrons. The summed E-state index contributed by atoms with van der Waals surface area (Å²) in [6.07, 6.45) is 1.37. The molecule has 0 atom stereocenters. The molecule has 0 N–H and O–H groups in total. The number of hydrogen-bond acceptors (Lipinski definition) is 8. The second kappa shape index (κ2) is 5.48. The Morgan fingerprint density at radius 3 is 2.91 bits per heavy atom. The Morgan fingerprint density at radius 2 is 2.04 bits per heavy atom. The lowest BCUT2D eigenvalue weighted by Gasteiger charge is -1.98. The number of benzene rings is 1. The van der Waals surface area contributed by atoms with E-state index in [1.807, 2.05) is 6.07 Å². The summed E-state index contributed by atoms with van der Waals surface area (Å²) in [5.74, 6) is 1.29. The number of hydrogen-bond donors (Lipinski definition) is 0. The summed E-state index contributed by atoms with van der Waals surface area (Å²) in [7, 11) is 0. The number of rotatable bonds is 4. The van der Waals surface area contributed by atoms with Crippen LogP contribution < -0.4 is 9.47 Å². The smallest absolute Gasteiger partial charge is 0.377 e. The van der Waals surface area contributed by atoms with Gasteiger partial charge < -0.3 is 23.3 Å². The number of esters is 1. The van der Waals surface area contributed by atoms with Gasteiger partial charge in [0, 0.05) is 17.7 Å². The molecule has 0 saturated heterocycles. The van der Waals surface area contributed by atoms with Gasteiger partial charge in [0.1, 0.15) is 12.3 Å². The molecule has 1 aliphatic rings. The molecule has 4 rings (SSSR count). The summed E-state index contributed by atoms with van der Waals surface area (Å²) >= 11 is 0. The van der Waals surface area contributed by atoms with Crippen LogP contribution in [0.25, 0.3) is 11.3 Å². The van der Waals surface area contributed by atoms with E-state index in [0.29, 0.717) is 23.0 Å². The zero-order valence-electron chi connectivity index (χ0n) is 11.7. The van der Waals surface area contributed by atoms with E-state index in [2.05, 4.69) is 10.3 Å². The molecule has 2 aromatic heterocycles. The van der Waals surface area contributed by atoms with Crippen LogP contribution in [0.15, 0.2) is 45.6 Å². The van der Waals surface area contributed by atoms with Crippen molar-refractivity contribution >= 4 is 5.97 Å². The molecule has 0 aliphatic carbocycles. The van der Waals surface area contributed by atoms with Gasteiger partial charge in [-0.25, -0.2) is 4.79 Å². The molecule has 1 aromatic carbocycles. The first-order chi connectivity index (χ1) is 11.3. The summed E-state index contributed by atoms with van der Waals surface area (Å²) in [6, 6.07) is 8.53. The highest BCUT2D eigenvalue weighted by Crippen LogP contribution is 2.36. The molecule has 0 saturated carbocycles. The first-order valence-corrected chi connectivity index (χ1v) is 6.73. The quantitative estimate of drug-likeness (QED) is 0.677. The molecular formula is C15H10N2O6. The van der Waals surface area contributed by atoms with Gasteiger partial charge in [-0.3, -0.25) is 0 Å². The number of nitrogens with zero attached hydrogens (tertiary/aromatic N) is 2. The van der Waals surface area contributed by atoms with E-state index in [1.54, 1.807) is 18.2 Å². The third-order valence-corrected chi connectivity index (χ3v) is 3.21. The van der Waals surface area contributed by atoms with Gasteiger partial charge in [0.15, 0.2) is 17.3 Å². The van der Waals surface area contributed by atoms with E-state index in [1.165, 1.54) is 12.3 Å². The fraction of sp³-hybridized carbons (Fsp3) is 0.133. The Morgan fingerprint density at radius 1 is 1.13 bits per heavy atom. The van der Waals surface area contributed by atoms with Gasteiger partial charge in [-0.2, -0.15) is 0 Å². The highest BCUT2D eigenvalue weighted by Gasteiger charge is 2.17. The van der Waals surface area contributed by atoms with E-state index >= 15 is 0 Å². The summed E-state index contributed by atoms with van der Waals surface area (Å²) in [6.45, 7) is 0.172. The first kappa shape index (κ1) is 13.4. The van der Waals surface area contributed by atoms with Gasteiger partial charge in [-0.15, -0.1) is 0 Å². The van der Waals surface area contributed by atoms with Crippen LogP contribution in [0.3, 0.4) is 0 Å². The van der Waals surface area contributed by atoms with Crippen LogP contribution in [0, 0.1) is 0 Å². The predicted molar refractivity (Wildman–Crippen MR) is 73.7 cm³/mol. The molecule has 8 heteroatoms. The van der Waals surface area contributed by atoms with E-state index in [9.17, 15) is 4.79 Å². The number of carbonyl (C=O) groups is 1. The zero-order chi connectivity index (χ0) is 15.6. The van der Waals surface area contributed by atoms with E-state index in [4.69, 9.17) is 23.3 Å². The Labute approximate surface area is 129 Å². The molecule has 8 nitrogen and oxygen atoms in total. The van der Waals surface area contributed by atoms with Crippen molar-refractivity contribution < 1.29 is 28.1 Å². The van der Waals surface area contributed by atoms with Crippen LogP contribution in [0.2, 0.25) is 0 Å². The predicted octanol–water partition coefficient (Wildman–Crippen LogP) is 2.42. The number of ether oxygens (including phenoxy) is 3. The van der Waals surface area contributed by atoms with Crippen LogP contribution in [0.5, 0.6) is 11.5 Å². The minimum atomic E-state index is -0.616. The van der Waals surface area contributed by atoms with Gasteiger partial charge in [0.2, 0.25) is 12.6 Å². The summed E-state index contributed by atoms with van der Waals surface area (Å²) in [5, 5.41) is 7.31. The van der Waals surface area contributed by atoms with Crippen LogP contribution in [-0.4, -0.2) is 23.1 Å². The second-order valence-electron chi connectivity index (χ2n) is 4.70. The van der Waals surface area contributed by atoms with Gasteiger partial charge in [-0.05, 0) is 18.2 Å². The van der Waals surface area contributed by atoms with Gasteiger partial charge in [0.25, 0.3) is 0 Å². The van der Waals surface area contributed by atoms with Crippen molar-refractivity contribution in [2.24, 2.45) is 0 Å². The molecule has 0 radical (unpaired) electrons. The Hall–Kier alpha value is -3.29. The van der Waals surface area contributed by atoms with Crippen molar-refractivity contribution in [2.75, 3.05) is 6.79 Å². The van der Waals surface area contributed by atoms with Crippen LogP contribution in [0.4, 0.5) is 0 Å². The molecule has 3 heterocycles. The number of aromatic nitrogens is 2.